The minimum atomic E-state index is 0.819. The summed E-state index contributed by atoms with van der Waals surface area (Å²) in [5.74, 6) is 0.819. The van der Waals surface area contributed by atoms with Crippen molar-refractivity contribution >= 4 is 31.5 Å². The van der Waals surface area contributed by atoms with Gasteiger partial charge in [-0.15, -0.1) is 11.3 Å². The van der Waals surface area contributed by atoms with Crippen molar-refractivity contribution in [3.8, 4) is 0 Å². The largest absolute Gasteiger partial charge is 0.135 e. The van der Waals surface area contributed by atoms with Gasteiger partial charge in [-0.25, -0.2) is 0 Å². The summed E-state index contributed by atoms with van der Waals surface area (Å²) in [5, 5.41) is 2.84. The van der Waals surface area contributed by atoms with Crippen molar-refractivity contribution in [3.63, 3.8) is 0 Å². The SMILES string of the molecule is c1ccc2c(c1)sc1cc(C3CCCC3)ccc12. The van der Waals surface area contributed by atoms with Crippen molar-refractivity contribution in [2.24, 2.45) is 0 Å². The Labute approximate surface area is 111 Å². The predicted molar refractivity (Wildman–Crippen MR) is 80.5 cm³/mol. The van der Waals surface area contributed by atoms with Crippen molar-refractivity contribution in [2.75, 3.05) is 0 Å². The molecule has 18 heavy (non-hydrogen) atoms. The first-order chi connectivity index (χ1) is 8.92. The van der Waals surface area contributed by atoms with E-state index in [1.807, 2.05) is 11.3 Å². The van der Waals surface area contributed by atoms with Gasteiger partial charge in [-0.2, -0.15) is 0 Å². The Balaban J connectivity index is 1.92. The summed E-state index contributed by atoms with van der Waals surface area (Å²) in [7, 11) is 0. The molecule has 3 aromatic rings. The van der Waals surface area contributed by atoms with E-state index in [-0.39, 0.29) is 0 Å². The third kappa shape index (κ3) is 1.58. The van der Waals surface area contributed by atoms with Crippen LogP contribution in [0.2, 0.25) is 0 Å². The van der Waals surface area contributed by atoms with Gasteiger partial charge in [0.15, 0.2) is 0 Å². The van der Waals surface area contributed by atoms with E-state index in [1.165, 1.54) is 45.9 Å². The van der Waals surface area contributed by atoms with Crippen LogP contribution in [0.15, 0.2) is 42.5 Å². The van der Waals surface area contributed by atoms with Gasteiger partial charge in [-0.3, -0.25) is 0 Å². The lowest BCUT2D eigenvalue weighted by Gasteiger charge is -2.08. The normalized spacial score (nSPS) is 16.9. The first-order valence-electron chi connectivity index (χ1n) is 6.83. The molecule has 0 nitrogen and oxygen atoms in total. The van der Waals surface area contributed by atoms with Crippen LogP contribution in [-0.4, -0.2) is 0 Å². The van der Waals surface area contributed by atoms with Gasteiger partial charge >= 0.3 is 0 Å². The maximum atomic E-state index is 2.44. The standard InChI is InChI=1S/C17H16S/c1-2-6-12(5-1)13-9-10-15-14-7-3-4-8-16(14)18-17(15)11-13/h3-4,7-12H,1-2,5-6H2. The molecule has 0 saturated heterocycles. The molecule has 0 radical (unpaired) electrons. The molecular weight excluding hydrogens is 236 g/mol. The van der Waals surface area contributed by atoms with Crippen molar-refractivity contribution in [1.29, 1.82) is 0 Å². The number of benzene rings is 2. The molecule has 0 aliphatic heterocycles. The van der Waals surface area contributed by atoms with E-state index >= 15 is 0 Å². The molecule has 1 fully saturated rings. The van der Waals surface area contributed by atoms with E-state index in [2.05, 4.69) is 42.5 Å². The second-order valence-electron chi connectivity index (χ2n) is 5.34. The summed E-state index contributed by atoms with van der Waals surface area (Å²) in [6.45, 7) is 0. The van der Waals surface area contributed by atoms with E-state index in [1.54, 1.807) is 5.56 Å². The zero-order chi connectivity index (χ0) is 11.9. The van der Waals surface area contributed by atoms with Gasteiger partial charge in [0.2, 0.25) is 0 Å². The van der Waals surface area contributed by atoms with Gasteiger partial charge in [0.05, 0.1) is 0 Å². The number of thiophene rings is 1. The lowest BCUT2D eigenvalue weighted by molar-refractivity contribution is 0.724. The van der Waals surface area contributed by atoms with E-state index in [9.17, 15) is 0 Å². The highest BCUT2D eigenvalue weighted by Gasteiger charge is 2.17. The smallest absolute Gasteiger partial charge is 0.0358 e. The van der Waals surface area contributed by atoms with E-state index in [4.69, 9.17) is 0 Å². The van der Waals surface area contributed by atoms with Crippen molar-refractivity contribution in [3.05, 3.63) is 48.0 Å². The van der Waals surface area contributed by atoms with Crippen LogP contribution in [0.5, 0.6) is 0 Å². The highest BCUT2D eigenvalue weighted by atomic mass is 32.1. The summed E-state index contributed by atoms with van der Waals surface area (Å²) in [4.78, 5) is 0. The average molecular weight is 252 g/mol. The molecule has 0 N–H and O–H groups in total. The molecule has 1 heteroatoms. The Morgan fingerprint density at radius 2 is 1.61 bits per heavy atom. The van der Waals surface area contributed by atoms with Crippen LogP contribution in [0.1, 0.15) is 37.2 Å². The maximum Gasteiger partial charge on any atom is 0.0358 e. The van der Waals surface area contributed by atoms with Gasteiger partial charge < -0.3 is 0 Å². The topological polar surface area (TPSA) is 0 Å². The van der Waals surface area contributed by atoms with Crippen LogP contribution in [0.4, 0.5) is 0 Å². The molecule has 1 aliphatic carbocycles. The third-order valence-corrected chi connectivity index (χ3v) is 5.36. The molecule has 0 atom stereocenters. The number of rotatable bonds is 1. The summed E-state index contributed by atoms with van der Waals surface area (Å²) >= 11 is 1.93. The molecule has 90 valence electrons. The Morgan fingerprint density at radius 3 is 2.50 bits per heavy atom. The Morgan fingerprint density at radius 1 is 0.833 bits per heavy atom. The highest BCUT2D eigenvalue weighted by Crippen LogP contribution is 2.39. The lowest BCUT2D eigenvalue weighted by atomic mass is 9.97. The number of hydrogen-bond donors (Lipinski definition) is 0. The Hall–Kier alpha value is -1.34. The van der Waals surface area contributed by atoms with Gasteiger partial charge in [-0.05, 0) is 36.5 Å². The van der Waals surface area contributed by atoms with Gasteiger partial charge in [0.1, 0.15) is 0 Å². The molecule has 0 amide bonds. The third-order valence-electron chi connectivity index (χ3n) is 4.23. The molecule has 1 saturated carbocycles. The second-order valence-corrected chi connectivity index (χ2v) is 6.42. The van der Waals surface area contributed by atoms with Crippen LogP contribution >= 0.6 is 11.3 Å². The fourth-order valence-corrected chi connectivity index (χ4v) is 4.41. The number of fused-ring (bicyclic) bond motifs is 3. The minimum Gasteiger partial charge on any atom is -0.135 e. The van der Waals surface area contributed by atoms with Crippen molar-refractivity contribution in [1.82, 2.24) is 0 Å². The predicted octanol–water partition coefficient (Wildman–Crippen LogP) is 5.71. The van der Waals surface area contributed by atoms with E-state index in [0.29, 0.717) is 0 Å². The molecule has 1 aromatic heterocycles. The first kappa shape index (κ1) is 10.6. The van der Waals surface area contributed by atoms with Crippen LogP contribution in [-0.2, 0) is 0 Å². The molecule has 4 rings (SSSR count). The number of hydrogen-bond acceptors (Lipinski definition) is 1. The first-order valence-corrected chi connectivity index (χ1v) is 7.65. The van der Waals surface area contributed by atoms with E-state index in [0.717, 1.165) is 5.92 Å². The molecular formula is C17H16S. The fourth-order valence-electron chi connectivity index (χ4n) is 3.26. The fraction of sp³-hybridized carbons (Fsp3) is 0.294. The summed E-state index contributed by atoms with van der Waals surface area (Å²) in [6.07, 6.45) is 5.59. The molecule has 1 aliphatic rings. The van der Waals surface area contributed by atoms with Gasteiger partial charge in [0.25, 0.3) is 0 Å². The zero-order valence-corrected chi connectivity index (χ0v) is 11.2. The Bertz CT molecular complexity index is 702. The molecule has 0 spiro atoms. The molecule has 1 heterocycles. The lowest BCUT2D eigenvalue weighted by Crippen LogP contribution is -1.90. The maximum absolute atomic E-state index is 2.44. The van der Waals surface area contributed by atoms with Crippen LogP contribution in [0, 0.1) is 0 Å². The second kappa shape index (κ2) is 4.10. The van der Waals surface area contributed by atoms with Crippen LogP contribution in [0.25, 0.3) is 20.2 Å². The monoisotopic (exact) mass is 252 g/mol. The molecule has 0 bridgehead atoms. The van der Waals surface area contributed by atoms with Gasteiger partial charge in [-0.1, -0.05) is 43.2 Å². The quantitative estimate of drug-likeness (QED) is 0.520. The molecule has 2 aromatic carbocycles. The van der Waals surface area contributed by atoms with Crippen LogP contribution in [0.3, 0.4) is 0 Å². The van der Waals surface area contributed by atoms with Gasteiger partial charge in [0, 0.05) is 20.2 Å². The molecule has 0 unspecified atom stereocenters. The summed E-state index contributed by atoms with van der Waals surface area (Å²) < 4.78 is 2.87. The summed E-state index contributed by atoms with van der Waals surface area (Å²) in [5.41, 5.74) is 1.56. The van der Waals surface area contributed by atoms with Crippen molar-refractivity contribution in [2.45, 2.75) is 31.6 Å². The average Bonchev–Trinajstić information content (AvgIpc) is 3.05. The Kier molecular flexibility index (Phi) is 2.41. The van der Waals surface area contributed by atoms with Crippen LogP contribution < -0.4 is 0 Å². The zero-order valence-electron chi connectivity index (χ0n) is 10.4. The van der Waals surface area contributed by atoms with Crippen molar-refractivity contribution < 1.29 is 0 Å². The van der Waals surface area contributed by atoms with E-state index < -0.39 is 0 Å². The summed E-state index contributed by atoms with van der Waals surface area (Å²) in [6, 6.07) is 15.9. The highest BCUT2D eigenvalue weighted by molar-refractivity contribution is 7.25. The minimum absolute atomic E-state index is 0.819.